The fraction of sp³-hybridized carbons (Fsp3) is 0.273. The van der Waals surface area contributed by atoms with Crippen LogP contribution >= 0.6 is 11.8 Å². The Morgan fingerprint density at radius 1 is 1.47 bits per heavy atom. The van der Waals surface area contributed by atoms with Gasteiger partial charge in [-0.3, -0.25) is 14.9 Å². The molecule has 0 aromatic heterocycles. The standard InChI is InChI=1S/C11H10N2O5S/c14-10(12-6-19-5-9(12)11(15)16)7-2-1-3-8(4-7)13(17)18/h1-4,9H,5-6H2,(H,15,16)/t9-/m0/s1. The minimum Gasteiger partial charge on any atom is -0.480 e. The molecular formula is C11H10N2O5S. The van der Waals surface area contributed by atoms with Crippen molar-refractivity contribution in [1.29, 1.82) is 0 Å². The average Bonchev–Trinajstić information content (AvgIpc) is 2.87. The zero-order chi connectivity index (χ0) is 14.0. The summed E-state index contributed by atoms with van der Waals surface area (Å²) in [6.45, 7) is 0. The summed E-state index contributed by atoms with van der Waals surface area (Å²) in [7, 11) is 0. The van der Waals surface area contributed by atoms with Crippen molar-refractivity contribution in [2.45, 2.75) is 6.04 Å². The maximum atomic E-state index is 12.2. The summed E-state index contributed by atoms with van der Waals surface area (Å²) in [6.07, 6.45) is 0. The number of carbonyl (C=O) groups is 2. The van der Waals surface area contributed by atoms with Crippen LogP contribution in [0.15, 0.2) is 24.3 Å². The number of non-ortho nitro benzene ring substituents is 1. The third-order valence-corrected chi connectivity index (χ3v) is 3.74. The number of carboxylic acid groups (broad SMARTS) is 1. The average molecular weight is 282 g/mol. The number of aliphatic carboxylic acids is 1. The highest BCUT2D eigenvalue weighted by Crippen LogP contribution is 2.24. The maximum absolute atomic E-state index is 12.2. The van der Waals surface area contributed by atoms with Crippen LogP contribution in [-0.2, 0) is 4.79 Å². The van der Waals surface area contributed by atoms with E-state index in [-0.39, 0.29) is 17.1 Å². The molecule has 100 valence electrons. The number of nitrogens with zero attached hydrogens (tertiary/aromatic N) is 2. The molecule has 1 amide bonds. The number of nitro benzene ring substituents is 1. The molecule has 1 fully saturated rings. The molecular weight excluding hydrogens is 272 g/mol. The SMILES string of the molecule is O=C(O)[C@@H]1CSCN1C(=O)c1cccc([N+](=O)[O-])c1. The monoisotopic (exact) mass is 282 g/mol. The molecule has 1 aliphatic rings. The predicted molar refractivity (Wildman–Crippen MR) is 68.0 cm³/mol. The van der Waals surface area contributed by atoms with E-state index in [1.54, 1.807) is 0 Å². The molecule has 0 saturated carbocycles. The summed E-state index contributed by atoms with van der Waals surface area (Å²) in [4.78, 5) is 34.4. The Balaban J connectivity index is 2.26. The Morgan fingerprint density at radius 3 is 2.84 bits per heavy atom. The first kappa shape index (κ1) is 13.3. The van der Waals surface area contributed by atoms with Crippen LogP contribution in [0, 0.1) is 10.1 Å². The molecule has 2 rings (SSSR count). The van der Waals surface area contributed by atoms with Crippen molar-refractivity contribution in [1.82, 2.24) is 4.90 Å². The van der Waals surface area contributed by atoms with E-state index in [4.69, 9.17) is 5.11 Å². The fourth-order valence-electron chi connectivity index (χ4n) is 1.77. The Morgan fingerprint density at radius 2 is 2.21 bits per heavy atom. The first-order chi connectivity index (χ1) is 9.00. The van der Waals surface area contributed by atoms with E-state index in [2.05, 4.69) is 0 Å². The second-order valence-electron chi connectivity index (χ2n) is 3.94. The van der Waals surface area contributed by atoms with Crippen molar-refractivity contribution in [2.24, 2.45) is 0 Å². The van der Waals surface area contributed by atoms with Crippen LogP contribution in [0.2, 0.25) is 0 Å². The van der Waals surface area contributed by atoms with Gasteiger partial charge in [-0.2, -0.15) is 0 Å². The summed E-state index contributed by atoms with van der Waals surface area (Å²) in [5, 5.41) is 19.7. The highest BCUT2D eigenvalue weighted by molar-refractivity contribution is 7.99. The zero-order valence-electron chi connectivity index (χ0n) is 9.68. The molecule has 0 bridgehead atoms. The van der Waals surface area contributed by atoms with Gasteiger partial charge in [-0.25, -0.2) is 4.79 Å². The zero-order valence-corrected chi connectivity index (χ0v) is 10.5. The second-order valence-corrected chi connectivity index (χ2v) is 4.94. The van der Waals surface area contributed by atoms with E-state index in [9.17, 15) is 19.7 Å². The van der Waals surface area contributed by atoms with Crippen LogP contribution in [0.5, 0.6) is 0 Å². The normalized spacial score (nSPS) is 18.3. The minimum absolute atomic E-state index is 0.128. The van der Waals surface area contributed by atoms with Gasteiger partial charge in [0.05, 0.1) is 10.8 Å². The summed E-state index contributed by atoms with van der Waals surface area (Å²) >= 11 is 1.34. The topological polar surface area (TPSA) is 101 Å². The van der Waals surface area contributed by atoms with E-state index in [0.717, 1.165) is 6.07 Å². The smallest absolute Gasteiger partial charge is 0.327 e. The molecule has 1 aliphatic heterocycles. The molecule has 0 unspecified atom stereocenters. The van der Waals surface area contributed by atoms with Crippen molar-refractivity contribution in [3.63, 3.8) is 0 Å². The van der Waals surface area contributed by atoms with Gasteiger partial charge in [0, 0.05) is 23.4 Å². The Kier molecular flexibility index (Phi) is 3.70. The van der Waals surface area contributed by atoms with Gasteiger partial charge >= 0.3 is 5.97 Å². The van der Waals surface area contributed by atoms with Crippen LogP contribution in [0.3, 0.4) is 0 Å². The van der Waals surface area contributed by atoms with E-state index in [1.165, 1.54) is 34.9 Å². The van der Waals surface area contributed by atoms with Gasteiger partial charge in [0.2, 0.25) is 0 Å². The molecule has 1 atom stereocenters. The fourth-order valence-corrected chi connectivity index (χ4v) is 2.91. The number of hydrogen-bond acceptors (Lipinski definition) is 5. The van der Waals surface area contributed by atoms with Crippen molar-refractivity contribution in [3.8, 4) is 0 Å². The Labute approximate surface area is 112 Å². The van der Waals surface area contributed by atoms with Gasteiger partial charge < -0.3 is 10.0 Å². The van der Waals surface area contributed by atoms with Crippen LogP contribution in [0.1, 0.15) is 10.4 Å². The number of thioether (sulfide) groups is 1. The van der Waals surface area contributed by atoms with Gasteiger partial charge in [0.15, 0.2) is 0 Å². The summed E-state index contributed by atoms with van der Waals surface area (Å²) in [5.74, 6) is -0.959. The molecule has 19 heavy (non-hydrogen) atoms. The van der Waals surface area contributed by atoms with E-state index >= 15 is 0 Å². The van der Waals surface area contributed by atoms with E-state index < -0.39 is 22.8 Å². The van der Waals surface area contributed by atoms with Gasteiger partial charge in [-0.05, 0) is 6.07 Å². The maximum Gasteiger partial charge on any atom is 0.327 e. The number of hydrogen-bond donors (Lipinski definition) is 1. The summed E-state index contributed by atoms with van der Waals surface area (Å²) in [5.41, 5.74) is -0.0625. The number of carboxylic acids is 1. The molecule has 8 heteroatoms. The predicted octanol–water partition coefficient (Wildman–Crippen LogP) is 1.19. The van der Waals surface area contributed by atoms with Crippen LogP contribution < -0.4 is 0 Å². The molecule has 1 heterocycles. The first-order valence-electron chi connectivity index (χ1n) is 5.36. The number of amides is 1. The van der Waals surface area contributed by atoms with Crippen molar-refractivity contribution in [2.75, 3.05) is 11.6 Å². The van der Waals surface area contributed by atoms with Gasteiger partial charge in [-0.15, -0.1) is 11.8 Å². The summed E-state index contributed by atoms with van der Waals surface area (Å²) < 4.78 is 0. The number of benzene rings is 1. The Hall–Kier alpha value is -2.09. The number of carbonyl (C=O) groups excluding carboxylic acids is 1. The highest BCUT2D eigenvalue weighted by Gasteiger charge is 2.35. The molecule has 1 aromatic rings. The van der Waals surface area contributed by atoms with Crippen LogP contribution in [0.25, 0.3) is 0 Å². The third kappa shape index (κ3) is 2.68. The van der Waals surface area contributed by atoms with Gasteiger partial charge in [0.25, 0.3) is 11.6 Å². The largest absolute Gasteiger partial charge is 0.480 e. The molecule has 1 N–H and O–H groups in total. The van der Waals surface area contributed by atoms with Crippen molar-refractivity contribution >= 4 is 29.3 Å². The quantitative estimate of drug-likeness (QED) is 0.660. The van der Waals surface area contributed by atoms with Crippen LogP contribution in [-0.4, -0.2) is 44.5 Å². The molecule has 0 aliphatic carbocycles. The van der Waals surface area contributed by atoms with E-state index in [0.29, 0.717) is 5.75 Å². The van der Waals surface area contributed by atoms with Gasteiger partial charge in [0.1, 0.15) is 6.04 Å². The molecule has 7 nitrogen and oxygen atoms in total. The lowest BCUT2D eigenvalue weighted by molar-refractivity contribution is -0.384. The molecule has 1 saturated heterocycles. The lowest BCUT2D eigenvalue weighted by atomic mass is 10.1. The minimum atomic E-state index is -1.07. The first-order valence-corrected chi connectivity index (χ1v) is 6.52. The van der Waals surface area contributed by atoms with Crippen molar-refractivity contribution in [3.05, 3.63) is 39.9 Å². The molecule has 0 radical (unpaired) electrons. The van der Waals surface area contributed by atoms with Gasteiger partial charge in [-0.1, -0.05) is 6.07 Å². The van der Waals surface area contributed by atoms with Crippen LogP contribution in [0.4, 0.5) is 5.69 Å². The van der Waals surface area contributed by atoms with Crippen molar-refractivity contribution < 1.29 is 19.6 Å². The lowest BCUT2D eigenvalue weighted by Crippen LogP contribution is -2.41. The second kappa shape index (κ2) is 5.27. The lowest BCUT2D eigenvalue weighted by Gasteiger charge is -2.20. The molecule has 1 aromatic carbocycles. The Bertz CT molecular complexity index is 548. The summed E-state index contributed by atoms with van der Waals surface area (Å²) in [6, 6.07) is 4.41. The molecule has 0 spiro atoms. The highest BCUT2D eigenvalue weighted by atomic mass is 32.2. The number of rotatable bonds is 3. The third-order valence-electron chi connectivity index (χ3n) is 2.73. The number of nitro groups is 1. The van der Waals surface area contributed by atoms with E-state index in [1.807, 2.05) is 0 Å².